The SMILES string of the molecule is O=C(O)c1cc(O)cc(C(=O)NC(CCS)C(=O)N[C@H](Cc2ccccc2)C(=O)O)c1. The summed E-state index contributed by atoms with van der Waals surface area (Å²) in [5, 5.41) is 33.1. The standard InChI is InChI=1S/C21H22N2O7S/c24-15-10-13(9-14(11-15)20(27)28)18(25)22-16(6-7-31)19(26)23-17(21(29)30)8-12-4-2-1-3-5-12/h1-5,9-11,16-17,24,31H,6-8H2,(H,22,25)(H,23,26)(H,27,28)(H,29,30)/t16?,17-/m1/s1. The van der Waals surface area contributed by atoms with Gasteiger partial charge in [-0.05, 0) is 35.9 Å². The molecular weight excluding hydrogens is 424 g/mol. The van der Waals surface area contributed by atoms with Gasteiger partial charge in [-0.3, -0.25) is 9.59 Å². The van der Waals surface area contributed by atoms with E-state index < -0.39 is 41.6 Å². The predicted octanol–water partition coefficient (Wildman–Crippen LogP) is 1.32. The first-order valence-electron chi connectivity index (χ1n) is 9.27. The van der Waals surface area contributed by atoms with Crippen LogP contribution in [0.15, 0.2) is 48.5 Å². The van der Waals surface area contributed by atoms with Crippen LogP contribution in [-0.2, 0) is 16.0 Å². The lowest BCUT2D eigenvalue weighted by molar-refractivity contribution is -0.142. The summed E-state index contributed by atoms with van der Waals surface area (Å²) in [7, 11) is 0. The first-order chi connectivity index (χ1) is 14.7. The molecule has 31 heavy (non-hydrogen) atoms. The van der Waals surface area contributed by atoms with E-state index in [4.69, 9.17) is 5.11 Å². The molecule has 5 N–H and O–H groups in total. The number of thiol groups is 1. The Kier molecular flexibility index (Phi) is 8.44. The number of amides is 2. The van der Waals surface area contributed by atoms with E-state index in [0.29, 0.717) is 5.56 Å². The number of aliphatic carboxylic acids is 1. The number of phenols is 1. The molecule has 2 aromatic carbocycles. The molecule has 0 aliphatic rings. The molecule has 0 saturated carbocycles. The second-order valence-electron chi connectivity index (χ2n) is 6.70. The fourth-order valence-corrected chi connectivity index (χ4v) is 3.09. The molecule has 9 nitrogen and oxygen atoms in total. The van der Waals surface area contributed by atoms with Crippen molar-refractivity contribution in [3.8, 4) is 5.75 Å². The van der Waals surface area contributed by atoms with Crippen molar-refractivity contribution in [1.82, 2.24) is 10.6 Å². The summed E-state index contributed by atoms with van der Waals surface area (Å²) in [5.41, 5.74) is 0.258. The van der Waals surface area contributed by atoms with Crippen molar-refractivity contribution in [2.45, 2.75) is 24.9 Å². The van der Waals surface area contributed by atoms with E-state index in [1.807, 2.05) is 0 Å². The Morgan fingerprint density at radius 1 is 0.903 bits per heavy atom. The fourth-order valence-electron chi connectivity index (χ4n) is 2.83. The van der Waals surface area contributed by atoms with Gasteiger partial charge >= 0.3 is 11.9 Å². The summed E-state index contributed by atoms with van der Waals surface area (Å²) in [4.78, 5) is 47.9. The maximum Gasteiger partial charge on any atom is 0.335 e. The topological polar surface area (TPSA) is 153 Å². The van der Waals surface area contributed by atoms with E-state index in [0.717, 1.165) is 18.2 Å². The molecule has 2 atom stereocenters. The summed E-state index contributed by atoms with van der Waals surface area (Å²) in [6.45, 7) is 0. The summed E-state index contributed by atoms with van der Waals surface area (Å²) in [6, 6.07) is 9.53. The van der Waals surface area contributed by atoms with Gasteiger partial charge in [0.05, 0.1) is 5.56 Å². The number of carbonyl (C=O) groups is 4. The third-order valence-electron chi connectivity index (χ3n) is 4.36. The van der Waals surface area contributed by atoms with E-state index >= 15 is 0 Å². The summed E-state index contributed by atoms with van der Waals surface area (Å²) >= 11 is 4.07. The molecular formula is C21H22N2O7S. The van der Waals surface area contributed by atoms with Crippen LogP contribution in [0, 0.1) is 0 Å². The minimum Gasteiger partial charge on any atom is -0.508 e. The largest absolute Gasteiger partial charge is 0.508 e. The molecule has 0 saturated heterocycles. The van der Waals surface area contributed by atoms with Gasteiger partial charge in [0.1, 0.15) is 17.8 Å². The van der Waals surface area contributed by atoms with Crippen LogP contribution in [0.4, 0.5) is 0 Å². The fraction of sp³-hybridized carbons (Fsp3) is 0.238. The Morgan fingerprint density at radius 2 is 1.55 bits per heavy atom. The molecule has 0 heterocycles. The van der Waals surface area contributed by atoms with Gasteiger partial charge in [-0.2, -0.15) is 12.6 Å². The molecule has 0 aromatic heterocycles. The highest BCUT2D eigenvalue weighted by Crippen LogP contribution is 2.16. The Bertz CT molecular complexity index is 965. The number of hydrogen-bond acceptors (Lipinski definition) is 6. The molecule has 1 unspecified atom stereocenters. The maximum absolute atomic E-state index is 12.7. The second-order valence-corrected chi connectivity index (χ2v) is 7.15. The zero-order chi connectivity index (χ0) is 23.0. The molecule has 164 valence electrons. The number of hydrogen-bond donors (Lipinski definition) is 6. The van der Waals surface area contributed by atoms with E-state index in [9.17, 15) is 29.4 Å². The summed E-state index contributed by atoms with van der Waals surface area (Å²) in [5.74, 6) is -4.28. The van der Waals surface area contributed by atoms with Crippen molar-refractivity contribution < 1.29 is 34.5 Å². The lowest BCUT2D eigenvalue weighted by Crippen LogP contribution is -2.52. The van der Waals surface area contributed by atoms with Gasteiger partial charge in [-0.25, -0.2) is 9.59 Å². The molecule has 0 aliphatic carbocycles. The number of nitrogens with one attached hydrogen (secondary N) is 2. The van der Waals surface area contributed by atoms with Crippen molar-refractivity contribution in [2.24, 2.45) is 0 Å². The van der Waals surface area contributed by atoms with Crippen molar-refractivity contribution in [1.29, 1.82) is 0 Å². The van der Waals surface area contributed by atoms with Gasteiger partial charge in [0.25, 0.3) is 5.91 Å². The molecule has 2 rings (SSSR count). The van der Waals surface area contributed by atoms with Gasteiger partial charge in [-0.1, -0.05) is 30.3 Å². The minimum atomic E-state index is -1.33. The van der Waals surface area contributed by atoms with Crippen LogP contribution in [0.25, 0.3) is 0 Å². The maximum atomic E-state index is 12.7. The van der Waals surface area contributed by atoms with E-state index in [2.05, 4.69) is 23.3 Å². The van der Waals surface area contributed by atoms with Crippen LogP contribution in [-0.4, -0.2) is 56.9 Å². The number of rotatable bonds is 10. The van der Waals surface area contributed by atoms with Crippen LogP contribution >= 0.6 is 12.6 Å². The molecule has 2 aromatic rings. The number of benzene rings is 2. The molecule has 0 radical (unpaired) electrons. The molecule has 0 spiro atoms. The van der Waals surface area contributed by atoms with Gasteiger partial charge in [0, 0.05) is 12.0 Å². The highest BCUT2D eigenvalue weighted by molar-refractivity contribution is 7.80. The number of carboxylic acid groups (broad SMARTS) is 2. The predicted molar refractivity (Wildman–Crippen MR) is 115 cm³/mol. The monoisotopic (exact) mass is 446 g/mol. The number of phenolic OH excluding ortho intramolecular Hbond substituents is 1. The number of carboxylic acids is 2. The third kappa shape index (κ3) is 7.03. The Hall–Kier alpha value is -3.53. The molecule has 0 aliphatic heterocycles. The van der Waals surface area contributed by atoms with Gasteiger partial charge in [0.2, 0.25) is 5.91 Å². The average molecular weight is 446 g/mol. The van der Waals surface area contributed by atoms with Crippen LogP contribution in [0.2, 0.25) is 0 Å². The first kappa shape index (κ1) is 23.7. The van der Waals surface area contributed by atoms with Gasteiger partial charge < -0.3 is 26.0 Å². The minimum absolute atomic E-state index is 0.0536. The number of aromatic hydroxyl groups is 1. The van der Waals surface area contributed by atoms with Crippen molar-refractivity contribution in [3.05, 3.63) is 65.2 Å². The molecule has 2 amide bonds. The highest BCUT2D eigenvalue weighted by atomic mass is 32.1. The Labute approximate surface area is 183 Å². The lowest BCUT2D eigenvalue weighted by Gasteiger charge is -2.21. The Morgan fingerprint density at radius 3 is 2.13 bits per heavy atom. The van der Waals surface area contributed by atoms with Gasteiger partial charge in [0.15, 0.2) is 0 Å². The van der Waals surface area contributed by atoms with Crippen LogP contribution in [0.1, 0.15) is 32.7 Å². The van der Waals surface area contributed by atoms with Crippen molar-refractivity contribution >= 4 is 36.4 Å². The van der Waals surface area contributed by atoms with E-state index in [1.54, 1.807) is 30.3 Å². The van der Waals surface area contributed by atoms with Crippen molar-refractivity contribution in [2.75, 3.05) is 5.75 Å². The van der Waals surface area contributed by atoms with Gasteiger partial charge in [-0.15, -0.1) is 0 Å². The quantitative estimate of drug-likeness (QED) is 0.301. The smallest absolute Gasteiger partial charge is 0.335 e. The number of aromatic carboxylic acids is 1. The highest BCUT2D eigenvalue weighted by Gasteiger charge is 2.27. The first-order valence-corrected chi connectivity index (χ1v) is 9.90. The third-order valence-corrected chi connectivity index (χ3v) is 4.62. The van der Waals surface area contributed by atoms with Crippen LogP contribution < -0.4 is 10.6 Å². The van der Waals surface area contributed by atoms with Crippen molar-refractivity contribution in [3.63, 3.8) is 0 Å². The summed E-state index contributed by atoms with van der Waals surface area (Å²) in [6.07, 6.45) is 0.154. The van der Waals surface area contributed by atoms with E-state index in [1.165, 1.54) is 0 Å². The second kappa shape index (κ2) is 11.0. The van der Waals surface area contributed by atoms with E-state index in [-0.39, 0.29) is 29.7 Å². The average Bonchev–Trinajstić information content (AvgIpc) is 2.73. The molecule has 0 bridgehead atoms. The van der Waals surface area contributed by atoms with Crippen LogP contribution in [0.3, 0.4) is 0 Å². The van der Waals surface area contributed by atoms with Crippen LogP contribution in [0.5, 0.6) is 5.75 Å². The molecule has 0 fully saturated rings. The Balaban J connectivity index is 2.14. The number of carbonyl (C=O) groups excluding carboxylic acids is 2. The normalized spacial score (nSPS) is 12.4. The lowest BCUT2D eigenvalue weighted by atomic mass is 10.0. The zero-order valence-electron chi connectivity index (χ0n) is 16.3. The summed E-state index contributed by atoms with van der Waals surface area (Å²) < 4.78 is 0. The molecule has 10 heteroatoms. The zero-order valence-corrected chi connectivity index (χ0v) is 17.2.